The molecule has 0 aliphatic carbocycles. The van der Waals surface area contributed by atoms with E-state index in [9.17, 15) is 0 Å². The van der Waals surface area contributed by atoms with Crippen LogP contribution in [0, 0.1) is 0 Å². The quantitative estimate of drug-likeness (QED) is 0.740. The van der Waals surface area contributed by atoms with E-state index in [0.717, 1.165) is 10.9 Å². The van der Waals surface area contributed by atoms with E-state index in [-0.39, 0.29) is 6.29 Å². The molecule has 0 radical (unpaired) electrons. The summed E-state index contributed by atoms with van der Waals surface area (Å²) in [4.78, 5) is 0. The molecule has 0 amide bonds. The lowest BCUT2D eigenvalue weighted by atomic mass is 10.1. The Bertz CT molecular complexity index is 283. The lowest BCUT2D eigenvalue weighted by Crippen LogP contribution is -2.20. The Morgan fingerprint density at radius 3 is 2.27 bits per heavy atom. The third-order valence-electron chi connectivity index (χ3n) is 2.05. The van der Waals surface area contributed by atoms with Crippen molar-refractivity contribution in [3.8, 4) is 0 Å². The molecule has 0 aliphatic rings. The predicted molar refractivity (Wildman–Crippen MR) is 64.9 cm³/mol. The second kappa shape index (κ2) is 6.99. The van der Waals surface area contributed by atoms with E-state index < -0.39 is 0 Å². The molecule has 0 saturated heterocycles. The van der Waals surface area contributed by atoms with E-state index in [0.29, 0.717) is 13.2 Å². The average Bonchev–Trinajstić information content (AvgIpc) is 2.22. The van der Waals surface area contributed by atoms with Crippen LogP contribution in [0.3, 0.4) is 0 Å². The summed E-state index contributed by atoms with van der Waals surface area (Å²) in [6, 6.07) is 8.14. The van der Waals surface area contributed by atoms with Gasteiger partial charge in [-0.05, 0) is 25.5 Å². The van der Waals surface area contributed by atoms with E-state index >= 15 is 0 Å². The highest BCUT2D eigenvalue weighted by Gasteiger charge is 2.10. The number of rotatable bonds is 6. The summed E-state index contributed by atoms with van der Waals surface area (Å²) in [6.45, 7) is 5.31. The first-order valence-corrected chi connectivity index (χ1v) is 6.03. The van der Waals surface area contributed by atoms with Gasteiger partial charge in [0.15, 0.2) is 6.29 Å². The van der Waals surface area contributed by atoms with Crippen LogP contribution < -0.4 is 0 Å². The molecule has 0 atom stereocenters. The maximum atomic E-state index is 5.50. The summed E-state index contributed by atoms with van der Waals surface area (Å²) in [5.41, 5.74) is 1.21. The smallest absolute Gasteiger partial charge is 0.161 e. The summed E-state index contributed by atoms with van der Waals surface area (Å²) < 4.78 is 12.1. The molecule has 15 heavy (non-hydrogen) atoms. The zero-order valence-electron chi connectivity index (χ0n) is 9.20. The molecule has 2 nitrogen and oxygen atoms in total. The van der Waals surface area contributed by atoms with Crippen molar-refractivity contribution >= 4 is 15.9 Å². The Balaban J connectivity index is 2.60. The first-order chi connectivity index (χ1) is 7.27. The number of hydrogen-bond donors (Lipinski definition) is 0. The van der Waals surface area contributed by atoms with Crippen molar-refractivity contribution in [2.45, 2.75) is 26.6 Å². The van der Waals surface area contributed by atoms with E-state index in [1.807, 2.05) is 32.0 Å². The zero-order valence-corrected chi connectivity index (χ0v) is 10.8. The third kappa shape index (κ3) is 4.33. The van der Waals surface area contributed by atoms with Crippen molar-refractivity contribution in [2.24, 2.45) is 0 Å². The van der Waals surface area contributed by atoms with E-state index in [1.54, 1.807) is 0 Å². The van der Waals surface area contributed by atoms with Gasteiger partial charge in [0.05, 0.1) is 0 Å². The first kappa shape index (κ1) is 12.7. The molecule has 0 aromatic heterocycles. The van der Waals surface area contributed by atoms with Crippen LogP contribution in [-0.2, 0) is 15.9 Å². The number of hydrogen-bond acceptors (Lipinski definition) is 2. The van der Waals surface area contributed by atoms with Crippen LogP contribution in [-0.4, -0.2) is 19.5 Å². The van der Waals surface area contributed by atoms with Crippen LogP contribution in [0.5, 0.6) is 0 Å². The van der Waals surface area contributed by atoms with Crippen LogP contribution in [0.4, 0.5) is 0 Å². The highest BCUT2D eigenvalue weighted by atomic mass is 79.9. The van der Waals surface area contributed by atoms with Crippen LogP contribution >= 0.6 is 15.9 Å². The normalized spacial score (nSPS) is 10.9. The highest BCUT2D eigenvalue weighted by Crippen LogP contribution is 2.18. The van der Waals surface area contributed by atoms with Gasteiger partial charge in [0.25, 0.3) is 0 Å². The monoisotopic (exact) mass is 272 g/mol. The fourth-order valence-electron chi connectivity index (χ4n) is 1.38. The lowest BCUT2D eigenvalue weighted by Gasteiger charge is -2.17. The largest absolute Gasteiger partial charge is 0.353 e. The fourth-order valence-corrected chi connectivity index (χ4v) is 1.83. The molecular weight excluding hydrogens is 256 g/mol. The second-order valence-corrected chi connectivity index (χ2v) is 3.99. The number of halogens is 1. The third-order valence-corrected chi connectivity index (χ3v) is 2.82. The Kier molecular flexibility index (Phi) is 5.91. The molecule has 0 N–H and O–H groups in total. The first-order valence-electron chi connectivity index (χ1n) is 5.24. The fraction of sp³-hybridized carbons (Fsp3) is 0.500. The molecule has 3 heteroatoms. The average molecular weight is 273 g/mol. The molecule has 0 saturated carbocycles. The van der Waals surface area contributed by atoms with Crippen molar-refractivity contribution in [1.82, 2.24) is 0 Å². The van der Waals surface area contributed by atoms with Gasteiger partial charge in [-0.15, -0.1) is 0 Å². The molecule has 0 fully saturated rings. The molecular formula is C12H17BrO2. The van der Waals surface area contributed by atoms with E-state index in [4.69, 9.17) is 9.47 Å². The topological polar surface area (TPSA) is 18.5 Å². The van der Waals surface area contributed by atoms with Gasteiger partial charge in [-0.2, -0.15) is 0 Å². The van der Waals surface area contributed by atoms with Gasteiger partial charge in [-0.3, -0.25) is 0 Å². The van der Waals surface area contributed by atoms with Gasteiger partial charge >= 0.3 is 0 Å². The van der Waals surface area contributed by atoms with E-state index in [1.165, 1.54) is 5.56 Å². The van der Waals surface area contributed by atoms with Gasteiger partial charge in [0.1, 0.15) is 0 Å². The lowest BCUT2D eigenvalue weighted by molar-refractivity contribution is -0.134. The van der Waals surface area contributed by atoms with Crippen molar-refractivity contribution in [3.05, 3.63) is 34.3 Å². The zero-order chi connectivity index (χ0) is 11.1. The van der Waals surface area contributed by atoms with Crippen molar-refractivity contribution < 1.29 is 9.47 Å². The van der Waals surface area contributed by atoms with Gasteiger partial charge in [0.2, 0.25) is 0 Å². The molecule has 1 aromatic rings. The van der Waals surface area contributed by atoms with Crippen molar-refractivity contribution in [2.75, 3.05) is 13.2 Å². The molecule has 1 aromatic carbocycles. The van der Waals surface area contributed by atoms with Gasteiger partial charge < -0.3 is 9.47 Å². The number of benzene rings is 1. The minimum Gasteiger partial charge on any atom is -0.353 e. The molecule has 84 valence electrons. The second-order valence-electron chi connectivity index (χ2n) is 3.14. The number of ether oxygens (including phenoxy) is 2. The van der Waals surface area contributed by atoms with Crippen molar-refractivity contribution in [1.29, 1.82) is 0 Å². The summed E-state index contributed by atoms with van der Waals surface area (Å²) in [5.74, 6) is 0. The van der Waals surface area contributed by atoms with Crippen LogP contribution in [0.15, 0.2) is 28.7 Å². The molecule has 1 rings (SSSR count). The maximum Gasteiger partial charge on any atom is 0.161 e. The SMILES string of the molecule is CCOC(Cc1ccccc1Br)OCC. The van der Waals surface area contributed by atoms with Crippen LogP contribution in [0.2, 0.25) is 0 Å². The molecule has 0 spiro atoms. The molecule has 0 bridgehead atoms. The van der Waals surface area contributed by atoms with Gasteiger partial charge in [-0.25, -0.2) is 0 Å². The summed E-state index contributed by atoms with van der Waals surface area (Å²) in [7, 11) is 0. The van der Waals surface area contributed by atoms with Gasteiger partial charge in [0, 0.05) is 24.1 Å². The van der Waals surface area contributed by atoms with Crippen LogP contribution in [0.25, 0.3) is 0 Å². The summed E-state index contributed by atoms with van der Waals surface area (Å²) >= 11 is 3.52. The maximum absolute atomic E-state index is 5.50. The van der Waals surface area contributed by atoms with Crippen LogP contribution in [0.1, 0.15) is 19.4 Å². The Labute approximate surface area is 99.7 Å². The minimum atomic E-state index is -0.140. The summed E-state index contributed by atoms with van der Waals surface area (Å²) in [5, 5.41) is 0. The molecule has 0 unspecified atom stereocenters. The predicted octanol–water partition coefficient (Wildman–Crippen LogP) is 3.39. The summed E-state index contributed by atoms with van der Waals surface area (Å²) in [6.07, 6.45) is 0.641. The van der Waals surface area contributed by atoms with E-state index in [2.05, 4.69) is 22.0 Å². The minimum absolute atomic E-state index is 0.140. The highest BCUT2D eigenvalue weighted by molar-refractivity contribution is 9.10. The molecule has 0 aliphatic heterocycles. The standard InChI is InChI=1S/C12H17BrO2/c1-3-14-12(15-4-2)9-10-7-5-6-8-11(10)13/h5-8,12H,3-4,9H2,1-2H3. The Morgan fingerprint density at radius 2 is 1.73 bits per heavy atom. The Hall–Kier alpha value is -0.380. The molecule has 0 heterocycles. The van der Waals surface area contributed by atoms with Crippen molar-refractivity contribution in [3.63, 3.8) is 0 Å². The Morgan fingerprint density at radius 1 is 1.13 bits per heavy atom. The van der Waals surface area contributed by atoms with Gasteiger partial charge in [-0.1, -0.05) is 34.1 Å².